The third kappa shape index (κ3) is 3.06. The molecule has 3 aromatic rings. The standard InChI is InChI=1S/C18H15N3O/c22-21-18(14-8-11-19-12-9-14)17-7-2-1-5-15(17)13-16-6-3-4-10-20-16/h1-12,18H,13H2. The Morgan fingerprint density at radius 2 is 1.68 bits per heavy atom. The highest BCUT2D eigenvalue weighted by atomic mass is 16.3. The fraction of sp³-hybridized carbons (Fsp3) is 0.111. The first-order chi connectivity index (χ1) is 10.9. The number of aromatic nitrogens is 2. The normalized spacial score (nSPS) is 11.8. The number of rotatable bonds is 5. The smallest absolute Gasteiger partial charge is 0.142 e. The molecule has 3 rings (SSSR count). The molecule has 1 aromatic carbocycles. The molecule has 1 unspecified atom stereocenters. The summed E-state index contributed by atoms with van der Waals surface area (Å²) in [6.07, 6.45) is 5.80. The van der Waals surface area contributed by atoms with Gasteiger partial charge >= 0.3 is 0 Å². The van der Waals surface area contributed by atoms with Crippen LogP contribution < -0.4 is 0 Å². The number of nitrogens with zero attached hydrogens (tertiary/aromatic N) is 3. The molecule has 0 aliphatic carbocycles. The maximum Gasteiger partial charge on any atom is 0.142 e. The second-order valence-electron chi connectivity index (χ2n) is 4.99. The molecule has 0 N–H and O–H groups in total. The predicted molar refractivity (Wildman–Crippen MR) is 85.4 cm³/mol. The molecule has 0 bridgehead atoms. The van der Waals surface area contributed by atoms with Crippen molar-refractivity contribution in [2.45, 2.75) is 12.5 Å². The Hall–Kier alpha value is -2.88. The third-order valence-corrected chi connectivity index (χ3v) is 3.57. The van der Waals surface area contributed by atoms with Gasteiger partial charge in [-0.15, -0.1) is 4.91 Å². The molecule has 2 aromatic heterocycles. The summed E-state index contributed by atoms with van der Waals surface area (Å²) in [5, 5.41) is 3.33. The summed E-state index contributed by atoms with van der Waals surface area (Å²) in [6.45, 7) is 0. The number of benzene rings is 1. The van der Waals surface area contributed by atoms with Gasteiger partial charge in [0.2, 0.25) is 0 Å². The zero-order valence-corrected chi connectivity index (χ0v) is 12.0. The molecule has 0 aliphatic rings. The highest BCUT2D eigenvalue weighted by Crippen LogP contribution is 2.29. The summed E-state index contributed by atoms with van der Waals surface area (Å²) in [6, 6.07) is 16.8. The molecule has 4 heteroatoms. The quantitative estimate of drug-likeness (QED) is 0.669. The molecule has 0 spiro atoms. The minimum absolute atomic E-state index is 0.525. The van der Waals surface area contributed by atoms with Crippen LogP contribution in [0.1, 0.15) is 28.4 Å². The molecule has 108 valence electrons. The van der Waals surface area contributed by atoms with Gasteiger partial charge in [-0.3, -0.25) is 9.97 Å². The Morgan fingerprint density at radius 3 is 2.41 bits per heavy atom. The van der Waals surface area contributed by atoms with Crippen molar-refractivity contribution in [2.75, 3.05) is 0 Å². The first-order valence-corrected chi connectivity index (χ1v) is 7.08. The average molecular weight is 289 g/mol. The van der Waals surface area contributed by atoms with E-state index < -0.39 is 6.04 Å². The van der Waals surface area contributed by atoms with Crippen molar-refractivity contribution in [1.29, 1.82) is 0 Å². The monoisotopic (exact) mass is 289 g/mol. The Balaban J connectivity index is 1.98. The molecular weight excluding hydrogens is 274 g/mol. The largest absolute Gasteiger partial charge is 0.265 e. The Kier molecular flexibility index (Phi) is 4.30. The Morgan fingerprint density at radius 1 is 0.909 bits per heavy atom. The fourth-order valence-electron chi connectivity index (χ4n) is 2.50. The van der Waals surface area contributed by atoms with Crippen molar-refractivity contribution in [1.82, 2.24) is 9.97 Å². The SMILES string of the molecule is O=NC(c1ccncc1)c1ccccc1Cc1ccccn1. The van der Waals surface area contributed by atoms with Crippen molar-refractivity contribution in [3.8, 4) is 0 Å². The molecule has 0 radical (unpaired) electrons. The lowest BCUT2D eigenvalue weighted by molar-refractivity contribution is 0.841. The maximum atomic E-state index is 11.4. The summed E-state index contributed by atoms with van der Waals surface area (Å²) in [5.74, 6) is 0. The van der Waals surface area contributed by atoms with Crippen LogP contribution in [0.2, 0.25) is 0 Å². The van der Waals surface area contributed by atoms with Gasteiger partial charge in [0.25, 0.3) is 0 Å². The maximum absolute atomic E-state index is 11.4. The van der Waals surface area contributed by atoms with E-state index in [-0.39, 0.29) is 0 Å². The van der Waals surface area contributed by atoms with Crippen molar-refractivity contribution in [3.63, 3.8) is 0 Å². The molecule has 0 fully saturated rings. The molecule has 4 nitrogen and oxygen atoms in total. The summed E-state index contributed by atoms with van der Waals surface area (Å²) < 4.78 is 0. The Bertz CT molecular complexity index is 745. The second-order valence-corrected chi connectivity index (χ2v) is 4.99. The molecule has 0 amide bonds. The van der Waals surface area contributed by atoms with Crippen LogP contribution in [-0.2, 0) is 6.42 Å². The second kappa shape index (κ2) is 6.72. The zero-order chi connectivity index (χ0) is 15.2. The van der Waals surface area contributed by atoms with E-state index in [0.29, 0.717) is 6.42 Å². The van der Waals surface area contributed by atoms with Crippen molar-refractivity contribution < 1.29 is 0 Å². The van der Waals surface area contributed by atoms with Gasteiger partial charge in [-0.1, -0.05) is 35.5 Å². The summed E-state index contributed by atoms with van der Waals surface area (Å²) in [5.41, 5.74) is 3.78. The van der Waals surface area contributed by atoms with Crippen LogP contribution in [0.4, 0.5) is 0 Å². The lowest BCUT2D eigenvalue weighted by Crippen LogP contribution is -2.03. The summed E-state index contributed by atoms with van der Waals surface area (Å²) in [7, 11) is 0. The van der Waals surface area contributed by atoms with E-state index in [1.165, 1.54) is 0 Å². The van der Waals surface area contributed by atoms with Gasteiger partial charge in [0.05, 0.1) is 0 Å². The number of hydrogen-bond donors (Lipinski definition) is 0. The average Bonchev–Trinajstić information content (AvgIpc) is 2.59. The number of hydrogen-bond acceptors (Lipinski definition) is 4. The van der Waals surface area contributed by atoms with Crippen LogP contribution in [0.5, 0.6) is 0 Å². The lowest BCUT2D eigenvalue weighted by Gasteiger charge is -2.14. The fourth-order valence-corrected chi connectivity index (χ4v) is 2.50. The van der Waals surface area contributed by atoms with Crippen LogP contribution in [0.15, 0.2) is 78.4 Å². The Labute approximate surface area is 128 Å². The molecule has 0 saturated carbocycles. The van der Waals surface area contributed by atoms with Crippen molar-refractivity contribution in [2.24, 2.45) is 5.18 Å². The van der Waals surface area contributed by atoms with E-state index in [2.05, 4.69) is 15.1 Å². The van der Waals surface area contributed by atoms with E-state index in [9.17, 15) is 4.91 Å². The molecule has 2 heterocycles. The number of nitroso groups, excluding NO2 is 1. The van der Waals surface area contributed by atoms with E-state index in [4.69, 9.17) is 0 Å². The summed E-state index contributed by atoms with van der Waals surface area (Å²) in [4.78, 5) is 19.8. The van der Waals surface area contributed by atoms with Gasteiger partial charge in [-0.2, -0.15) is 0 Å². The lowest BCUT2D eigenvalue weighted by atomic mass is 9.93. The zero-order valence-electron chi connectivity index (χ0n) is 12.0. The third-order valence-electron chi connectivity index (χ3n) is 3.57. The summed E-state index contributed by atoms with van der Waals surface area (Å²) >= 11 is 0. The van der Waals surface area contributed by atoms with Crippen LogP contribution in [0, 0.1) is 4.91 Å². The van der Waals surface area contributed by atoms with E-state index >= 15 is 0 Å². The van der Waals surface area contributed by atoms with E-state index in [1.807, 2.05) is 54.6 Å². The number of pyridine rings is 2. The van der Waals surface area contributed by atoms with Gasteiger partial charge in [0.15, 0.2) is 0 Å². The predicted octanol–water partition coefficient (Wildman–Crippen LogP) is 3.92. The minimum Gasteiger partial charge on any atom is -0.265 e. The molecule has 22 heavy (non-hydrogen) atoms. The van der Waals surface area contributed by atoms with Crippen LogP contribution in [0.25, 0.3) is 0 Å². The molecule has 1 atom stereocenters. The topological polar surface area (TPSA) is 55.2 Å². The first kappa shape index (κ1) is 14.1. The van der Waals surface area contributed by atoms with Gasteiger partial charge < -0.3 is 0 Å². The molecular formula is C18H15N3O. The van der Waals surface area contributed by atoms with Gasteiger partial charge in [0.1, 0.15) is 6.04 Å². The highest BCUT2D eigenvalue weighted by molar-refractivity contribution is 5.38. The van der Waals surface area contributed by atoms with E-state index in [0.717, 1.165) is 22.4 Å². The molecule has 0 saturated heterocycles. The van der Waals surface area contributed by atoms with Gasteiger partial charge in [0, 0.05) is 30.7 Å². The highest BCUT2D eigenvalue weighted by Gasteiger charge is 2.18. The van der Waals surface area contributed by atoms with Gasteiger partial charge in [-0.25, -0.2) is 0 Å². The first-order valence-electron chi connectivity index (χ1n) is 7.08. The van der Waals surface area contributed by atoms with Crippen LogP contribution in [-0.4, -0.2) is 9.97 Å². The van der Waals surface area contributed by atoms with E-state index in [1.54, 1.807) is 18.6 Å². The van der Waals surface area contributed by atoms with Crippen LogP contribution >= 0.6 is 0 Å². The van der Waals surface area contributed by atoms with Gasteiger partial charge in [-0.05, 0) is 41.0 Å². The van der Waals surface area contributed by atoms with Crippen molar-refractivity contribution in [3.05, 3.63) is 100 Å². The van der Waals surface area contributed by atoms with Crippen LogP contribution in [0.3, 0.4) is 0 Å². The van der Waals surface area contributed by atoms with Crippen molar-refractivity contribution >= 4 is 0 Å². The minimum atomic E-state index is -0.525. The molecule has 0 aliphatic heterocycles.